The maximum Gasteiger partial charge on any atom is 0.232 e. The Balaban J connectivity index is 2.02. The Bertz CT molecular complexity index is 851. The van der Waals surface area contributed by atoms with Gasteiger partial charge in [0.1, 0.15) is 18.0 Å². The number of hydrogen-bond donors (Lipinski definition) is 2. The molecule has 0 saturated heterocycles. The second kappa shape index (κ2) is 6.61. The van der Waals surface area contributed by atoms with Crippen LogP contribution in [0.3, 0.4) is 0 Å². The van der Waals surface area contributed by atoms with Gasteiger partial charge in [0.05, 0.1) is 32.3 Å². The molecule has 5 nitrogen and oxygen atoms in total. The van der Waals surface area contributed by atoms with Gasteiger partial charge in [0.25, 0.3) is 0 Å². The van der Waals surface area contributed by atoms with Gasteiger partial charge in [0.2, 0.25) is 5.78 Å². The lowest BCUT2D eigenvalue weighted by Crippen LogP contribution is -3.04. The first-order valence-corrected chi connectivity index (χ1v) is 8.13. The molecule has 5 heteroatoms. The average Bonchev–Trinajstić information content (AvgIpc) is 2.89. The van der Waals surface area contributed by atoms with E-state index in [1.54, 1.807) is 19.3 Å². The van der Waals surface area contributed by atoms with Crippen LogP contribution in [-0.2, 0) is 6.54 Å². The van der Waals surface area contributed by atoms with Crippen LogP contribution >= 0.6 is 0 Å². The maximum atomic E-state index is 12.8. The molecule has 0 fully saturated rings. The number of phenols is 1. The zero-order chi connectivity index (χ0) is 18.1. The molecule has 0 atom stereocenters. The lowest BCUT2D eigenvalue weighted by Gasteiger charge is -2.13. The van der Waals surface area contributed by atoms with Gasteiger partial charge in [-0.1, -0.05) is 12.1 Å². The molecule has 3 rings (SSSR count). The monoisotopic (exact) mass is 340 g/mol. The Morgan fingerprint density at radius 2 is 1.92 bits per heavy atom. The number of fused-ring (bicyclic) bond motifs is 1. The van der Waals surface area contributed by atoms with E-state index in [1.807, 2.05) is 45.3 Å². The van der Waals surface area contributed by atoms with E-state index < -0.39 is 0 Å². The van der Waals surface area contributed by atoms with Gasteiger partial charge in [-0.05, 0) is 42.3 Å². The first kappa shape index (κ1) is 17.0. The largest absolute Gasteiger partial charge is 0.507 e. The van der Waals surface area contributed by atoms with Gasteiger partial charge in [-0.2, -0.15) is 0 Å². The molecular formula is C20H22NO4+. The zero-order valence-electron chi connectivity index (χ0n) is 14.8. The molecule has 0 spiro atoms. The number of nitrogens with one attached hydrogen (secondary N) is 1. The van der Waals surface area contributed by atoms with Crippen molar-refractivity contribution in [2.45, 2.75) is 13.5 Å². The highest BCUT2D eigenvalue weighted by molar-refractivity contribution is 6.15. The minimum atomic E-state index is -0.154. The van der Waals surface area contributed by atoms with Gasteiger partial charge >= 0.3 is 0 Å². The number of aryl methyl sites for hydroxylation is 1. The van der Waals surface area contributed by atoms with Crippen molar-refractivity contribution in [2.24, 2.45) is 0 Å². The Kier molecular flexibility index (Phi) is 4.51. The summed E-state index contributed by atoms with van der Waals surface area (Å²) in [5.41, 5.74) is 2.76. The van der Waals surface area contributed by atoms with Crippen LogP contribution in [0.5, 0.6) is 17.2 Å². The molecule has 2 aromatic rings. The van der Waals surface area contributed by atoms with Gasteiger partial charge in [-0.25, -0.2) is 0 Å². The Morgan fingerprint density at radius 3 is 2.52 bits per heavy atom. The van der Waals surface area contributed by atoms with E-state index in [-0.39, 0.29) is 17.3 Å². The summed E-state index contributed by atoms with van der Waals surface area (Å²) in [6, 6.07) is 9.02. The number of ketones is 1. The number of phenolic OH excluding ortho intramolecular Hbond substituents is 1. The van der Waals surface area contributed by atoms with E-state index in [9.17, 15) is 9.90 Å². The summed E-state index contributed by atoms with van der Waals surface area (Å²) in [5, 5.41) is 10.3. The second-order valence-corrected chi connectivity index (χ2v) is 6.49. The van der Waals surface area contributed by atoms with Crippen LogP contribution < -0.4 is 14.4 Å². The summed E-state index contributed by atoms with van der Waals surface area (Å²) in [6.45, 7) is 2.37. The summed E-state index contributed by atoms with van der Waals surface area (Å²) >= 11 is 0. The third-order valence-electron chi connectivity index (χ3n) is 4.16. The number of methoxy groups -OCH3 is 1. The SMILES string of the molecule is COc1ccc(/C=C2\Oc3c(C[NH+](C)C)c(O)cc(C)c3C2=O)cc1. The van der Waals surface area contributed by atoms with Crippen molar-refractivity contribution in [1.29, 1.82) is 0 Å². The molecule has 1 aliphatic rings. The number of hydrogen-bond acceptors (Lipinski definition) is 4. The summed E-state index contributed by atoms with van der Waals surface area (Å²) < 4.78 is 11.0. The third kappa shape index (κ3) is 3.23. The number of ether oxygens (including phenoxy) is 2. The van der Waals surface area contributed by atoms with Crippen LogP contribution in [0.4, 0.5) is 0 Å². The van der Waals surface area contributed by atoms with E-state index in [2.05, 4.69) is 0 Å². The normalized spacial score (nSPS) is 14.8. The number of allylic oxidation sites excluding steroid dienone is 1. The molecule has 2 N–H and O–H groups in total. The van der Waals surface area contributed by atoms with Gasteiger partial charge < -0.3 is 19.5 Å². The van der Waals surface area contributed by atoms with Crippen LogP contribution in [-0.4, -0.2) is 32.1 Å². The molecule has 0 aliphatic carbocycles. The summed E-state index contributed by atoms with van der Waals surface area (Å²) in [7, 11) is 5.57. The van der Waals surface area contributed by atoms with E-state index >= 15 is 0 Å². The fourth-order valence-corrected chi connectivity index (χ4v) is 2.96. The Morgan fingerprint density at radius 1 is 1.24 bits per heavy atom. The molecule has 0 bridgehead atoms. The van der Waals surface area contributed by atoms with Gasteiger partial charge in [0, 0.05) is 0 Å². The van der Waals surface area contributed by atoms with Gasteiger partial charge in [0.15, 0.2) is 11.5 Å². The second-order valence-electron chi connectivity index (χ2n) is 6.49. The van der Waals surface area contributed by atoms with E-state index in [4.69, 9.17) is 9.47 Å². The van der Waals surface area contributed by atoms with Crippen LogP contribution in [0.1, 0.15) is 27.0 Å². The molecule has 25 heavy (non-hydrogen) atoms. The maximum absolute atomic E-state index is 12.8. The van der Waals surface area contributed by atoms with Crippen LogP contribution in [0.2, 0.25) is 0 Å². The third-order valence-corrected chi connectivity index (χ3v) is 4.16. The minimum absolute atomic E-state index is 0.154. The number of rotatable bonds is 4. The molecule has 0 aromatic heterocycles. The molecule has 2 aromatic carbocycles. The van der Waals surface area contributed by atoms with Crippen molar-refractivity contribution >= 4 is 11.9 Å². The number of benzene rings is 2. The van der Waals surface area contributed by atoms with Crippen LogP contribution in [0.25, 0.3) is 6.08 Å². The standard InChI is InChI=1S/C20H21NO4/c1-12-9-16(22)15(11-21(2)3)20-18(12)19(23)17(25-20)10-13-5-7-14(24-4)8-6-13/h5-10,22H,11H2,1-4H3/p+1/b17-10-. The average molecular weight is 340 g/mol. The lowest BCUT2D eigenvalue weighted by atomic mass is 9.99. The van der Waals surface area contributed by atoms with Crippen molar-refractivity contribution in [3.05, 3.63) is 58.3 Å². The first-order valence-electron chi connectivity index (χ1n) is 8.13. The minimum Gasteiger partial charge on any atom is -0.507 e. The number of Topliss-reactive ketones (excluding diaryl/α,β-unsaturated/α-hetero) is 1. The van der Waals surface area contributed by atoms with Gasteiger partial charge in [-0.3, -0.25) is 4.79 Å². The lowest BCUT2D eigenvalue weighted by molar-refractivity contribution is -0.872. The number of aromatic hydroxyl groups is 1. The predicted octanol–water partition coefficient (Wildman–Crippen LogP) is 1.97. The van der Waals surface area contributed by atoms with Crippen molar-refractivity contribution in [2.75, 3.05) is 21.2 Å². The highest BCUT2D eigenvalue weighted by Crippen LogP contribution is 2.41. The van der Waals surface area contributed by atoms with Crippen molar-refractivity contribution in [3.63, 3.8) is 0 Å². The van der Waals surface area contributed by atoms with Crippen LogP contribution in [0.15, 0.2) is 36.1 Å². The molecule has 1 heterocycles. The first-order chi connectivity index (χ1) is 11.9. The number of carbonyl (C=O) groups is 1. The van der Waals surface area contributed by atoms with Gasteiger partial charge in [-0.15, -0.1) is 0 Å². The quantitative estimate of drug-likeness (QED) is 0.836. The van der Waals surface area contributed by atoms with E-state index in [0.29, 0.717) is 29.0 Å². The smallest absolute Gasteiger partial charge is 0.232 e. The Hall–Kier alpha value is -2.79. The molecule has 1 aliphatic heterocycles. The summed E-state index contributed by atoms with van der Waals surface area (Å²) in [4.78, 5) is 13.9. The topological polar surface area (TPSA) is 60.2 Å². The van der Waals surface area contributed by atoms with E-state index in [0.717, 1.165) is 16.2 Å². The number of carbonyl (C=O) groups excluding carboxylic acids is 1. The number of quaternary nitrogens is 1. The Labute approximate surface area is 147 Å². The van der Waals surface area contributed by atoms with Crippen LogP contribution in [0, 0.1) is 6.92 Å². The summed E-state index contributed by atoms with van der Waals surface area (Å²) in [6.07, 6.45) is 1.71. The highest BCUT2D eigenvalue weighted by atomic mass is 16.5. The fraction of sp³-hybridized carbons (Fsp3) is 0.250. The molecule has 130 valence electrons. The van der Waals surface area contributed by atoms with Crippen molar-refractivity contribution < 1.29 is 24.3 Å². The van der Waals surface area contributed by atoms with Crippen molar-refractivity contribution in [3.8, 4) is 17.2 Å². The molecule has 0 amide bonds. The molecule has 0 radical (unpaired) electrons. The molecule has 0 unspecified atom stereocenters. The zero-order valence-corrected chi connectivity index (χ0v) is 14.8. The predicted molar refractivity (Wildman–Crippen MR) is 95.3 cm³/mol. The summed E-state index contributed by atoms with van der Waals surface area (Å²) in [5.74, 6) is 1.50. The fourth-order valence-electron chi connectivity index (χ4n) is 2.96. The van der Waals surface area contributed by atoms with Crippen molar-refractivity contribution in [1.82, 2.24) is 0 Å². The highest BCUT2D eigenvalue weighted by Gasteiger charge is 2.33. The van der Waals surface area contributed by atoms with E-state index in [1.165, 1.54) is 0 Å². The molecular weight excluding hydrogens is 318 g/mol. The molecule has 0 saturated carbocycles.